The van der Waals surface area contributed by atoms with Crippen molar-refractivity contribution in [3.63, 3.8) is 0 Å². The van der Waals surface area contributed by atoms with E-state index < -0.39 is 6.10 Å². The first-order chi connectivity index (χ1) is 12.2. The Kier molecular flexibility index (Phi) is 6.58. The summed E-state index contributed by atoms with van der Waals surface area (Å²) in [5, 5.41) is 14.5. The molecule has 0 aliphatic carbocycles. The summed E-state index contributed by atoms with van der Waals surface area (Å²) in [6, 6.07) is 10.0. The van der Waals surface area contributed by atoms with E-state index in [2.05, 4.69) is 10.00 Å². The highest BCUT2D eigenvalue weighted by molar-refractivity contribution is 5.13. The first-order valence-corrected chi connectivity index (χ1v) is 8.82. The van der Waals surface area contributed by atoms with Crippen molar-refractivity contribution >= 4 is 0 Å². The smallest absolute Gasteiger partial charge is 0.0900 e. The highest BCUT2D eigenvalue weighted by Crippen LogP contribution is 2.09. The number of benzene rings is 1. The van der Waals surface area contributed by atoms with Gasteiger partial charge in [0.1, 0.15) is 0 Å². The van der Waals surface area contributed by atoms with E-state index in [0.29, 0.717) is 26.4 Å². The molecule has 0 amide bonds. The maximum Gasteiger partial charge on any atom is 0.0900 e. The van der Waals surface area contributed by atoms with E-state index in [1.165, 1.54) is 0 Å². The molecule has 1 aliphatic rings. The molecule has 0 saturated carbocycles. The highest BCUT2D eigenvalue weighted by atomic mass is 16.5. The molecule has 1 aliphatic heterocycles. The van der Waals surface area contributed by atoms with Crippen LogP contribution in [0, 0.1) is 6.92 Å². The minimum Gasteiger partial charge on any atom is -0.389 e. The number of nitrogens with zero attached hydrogens (tertiary/aromatic N) is 3. The second kappa shape index (κ2) is 9.10. The van der Waals surface area contributed by atoms with E-state index in [0.717, 1.165) is 30.8 Å². The number of aromatic nitrogens is 2. The minimum absolute atomic E-state index is 0.102. The predicted molar refractivity (Wildman–Crippen MR) is 95.2 cm³/mol. The Morgan fingerprint density at radius 1 is 1.36 bits per heavy atom. The van der Waals surface area contributed by atoms with Gasteiger partial charge in [0.2, 0.25) is 0 Å². The normalized spacial score (nSPS) is 19.8. The number of aliphatic hydroxyl groups excluding tert-OH is 1. The van der Waals surface area contributed by atoms with Crippen LogP contribution < -0.4 is 0 Å². The predicted octanol–water partition coefficient (Wildman–Crippen LogP) is 1.47. The molecule has 3 rings (SSSR count). The number of aryl methyl sites for hydroxylation is 1. The van der Waals surface area contributed by atoms with Crippen LogP contribution in [0.4, 0.5) is 0 Å². The van der Waals surface area contributed by atoms with E-state index in [4.69, 9.17) is 9.47 Å². The van der Waals surface area contributed by atoms with Crippen LogP contribution in [0.3, 0.4) is 0 Å². The number of ether oxygens (including phenoxy) is 2. The van der Waals surface area contributed by atoms with Crippen molar-refractivity contribution in [1.29, 1.82) is 0 Å². The molecule has 1 N–H and O–H groups in total. The van der Waals surface area contributed by atoms with Crippen molar-refractivity contribution in [2.45, 2.75) is 32.3 Å². The van der Waals surface area contributed by atoms with Crippen LogP contribution >= 0.6 is 0 Å². The Morgan fingerprint density at radius 3 is 2.96 bits per heavy atom. The molecule has 25 heavy (non-hydrogen) atoms. The van der Waals surface area contributed by atoms with Gasteiger partial charge in [0, 0.05) is 25.8 Å². The van der Waals surface area contributed by atoms with E-state index in [-0.39, 0.29) is 6.10 Å². The molecule has 2 aromatic rings. The molecular weight excluding hydrogens is 318 g/mol. The lowest BCUT2D eigenvalue weighted by Gasteiger charge is -2.34. The van der Waals surface area contributed by atoms with Gasteiger partial charge in [-0.2, -0.15) is 5.10 Å². The minimum atomic E-state index is -0.491. The van der Waals surface area contributed by atoms with Crippen LogP contribution in [-0.4, -0.2) is 64.8 Å². The van der Waals surface area contributed by atoms with Crippen LogP contribution in [0.2, 0.25) is 0 Å². The Balaban J connectivity index is 1.38. The molecule has 1 saturated heterocycles. The fourth-order valence-electron chi connectivity index (χ4n) is 3.07. The van der Waals surface area contributed by atoms with E-state index >= 15 is 0 Å². The Hall–Kier alpha value is -1.73. The summed E-state index contributed by atoms with van der Waals surface area (Å²) in [6.07, 6.45) is 3.49. The fraction of sp³-hybridized carbons (Fsp3) is 0.526. The molecule has 0 spiro atoms. The molecule has 2 heterocycles. The van der Waals surface area contributed by atoms with Gasteiger partial charge in [-0.1, -0.05) is 30.3 Å². The lowest BCUT2D eigenvalue weighted by atomic mass is 10.2. The van der Waals surface area contributed by atoms with Gasteiger partial charge in [-0.3, -0.25) is 9.58 Å². The van der Waals surface area contributed by atoms with Crippen LogP contribution in [0.5, 0.6) is 0 Å². The maximum atomic E-state index is 10.2. The number of hydrogen-bond acceptors (Lipinski definition) is 5. The largest absolute Gasteiger partial charge is 0.389 e. The number of hydrogen-bond donors (Lipinski definition) is 1. The standard InChI is InChI=1S/C19H27N3O3/c1-16-9-20-22(10-16)13-19-12-21(7-8-25-19)11-18(23)15-24-14-17-5-3-2-4-6-17/h2-6,9-10,18-19,23H,7-8,11-15H2,1H3/t18-,19+/m1/s1. The molecule has 1 aromatic carbocycles. The van der Waals surface area contributed by atoms with Crippen molar-refractivity contribution in [1.82, 2.24) is 14.7 Å². The first kappa shape index (κ1) is 18.1. The lowest BCUT2D eigenvalue weighted by molar-refractivity contribution is -0.0583. The van der Waals surface area contributed by atoms with Gasteiger partial charge in [-0.15, -0.1) is 0 Å². The summed E-state index contributed by atoms with van der Waals surface area (Å²) >= 11 is 0. The number of morpholine rings is 1. The van der Waals surface area contributed by atoms with Gasteiger partial charge in [-0.25, -0.2) is 0 Å². The molecule has 0 bridgehead atoms. The van der Waals surface area contributed by atoms with Crippen molar-refractivity contribution in [2.75, 3.05) is 32.8 Å². The third-order valence-corrected chi connectivity index (χ3v) is 4.27. The van der Waals surface area contributed by atoms with Crippen LogP contribution in [0.15, 0.2) is 42.7 Å². The molecule has 136 valence electrons. The zero-order valence-corrected chi connectivity index (χ0v) is 14.8. The third kappa shape index (κ3) is 5.93. The van der Waals surface area contributed by atoms with E-state index in [9.17, 15) is 5.11 Å². The molecule has 1 aromatic heterocycles. The average Bonchev–Trinajstić information content (AvgIpc) is 3.01. The SMILES string of the molecule is Cc1cnn(C[C@@H]2CN(C[C@@H](O)COCc3ccccc3)CCO2)c1. The second-order valence-corrected chi connectivity index (χ2v) is 6.65. The monoisotopic (exact) mass is 345 g/mol. The first-order valence-electron chi connectivity index (χ1n) is 8.82. The second-order valence-electron chi connectivity index (χ2n) is 6.65. The summed E-state index contributed by atoms with van der Waals surface area (Å²) in [4.78, 5) is 2.24. The van der Waals surface area contributed by atoms with Gasteiger partial charge in [-0.05, 0) is 18.1 Å². The van der Waals surface area contributed by atoms with Crippen molar-refractivity contribution in [3.8, 4) is 0 Å². The maximum absolute atomic E-state index is 10.2. The fourth-order valence-corrected chi connectivity index (χ4v) is 3.07. The molecule has 6 nitrogen and oxygen atoms in total. The summed E-state index contributed by atoms with van der Waals surface area (Å²) in [5.41, 5.74) is 2.27. The van der Waals surface area contributed by atoms with Crippen LogP contribution in [0.25, 0.3) is 0 Å². The van der Waals surface area contributed by atoms with Gasteiger partial charge >= 0.3 is 0 Å². The van der Waals surface area contributed by atoms with E-state index in [1.54, 1.807) is 0 Å². The average molecular weight is 345 g/mol. The Morgan fingerprint density at radius 2 is 2.20 bits per heavy atom. The van der Waals surface area contributed by atoms with Gasteiger partial charge in [0.15, 0.2) is 0 Å². The molecule has 2 atom stereocenters. The molecule has 1 fully saturated rings. The number of rotatable bonds is 8. The lowest BCUT2D eigenvalue weighted by Crippen LogP contribution is -2.47. The van der Waals surface area contributed by atoms with Gasteiger partial charge in [0.05, 0.1) is 44.8 Å². The van der Waals surface area contributed by atoms with Gasteiger partial charge in [0.25, 0.3) is 0 Å². The third-order valence-electron chi connectivity index (χ3n) is 4.27. The summed E-state index contributed by atoms with van der Waals surface area (Å²) in [6.45, 7) is 6.57. The summed E-state index contributed by atoms with van der Waals surface area (Å²) < 4.78 is 13.4. The number of aliphatic hydroxyl groups is 1. The van der Waals surface area contributed by atoms with Crippen LogP contribution in [0.1, 0.15) is 11.1 Å². The van der Waals surface area contributed by atoms with Crippen molar-refractivity contribution < 1.29 is 14.6 Å². The number of β-amino-alcohol motifs (C(OH)–C–C–N with tert-alkyl or cyclic N) is 1. The van der Waals surface area contributed by atoms with E-state index in [1.807, 2.05) is 54.3 Å². The summed E-state index contributed by atoms with van der Waals surface area (Å²) in [7, 11) is 0. The molecule has 0 unspecified atom stereocenters. The molecule has 0 radical (unpaired) electrons. The van der Waals surface area contributed by atoms with Crippen LogP contribution in [-0.2, 0) is 22.6 Å². The molecular formula is C19H27N3O3. The quantitative estimate of drug-likeness (QED) is 0.785. The zero-order chi connectivity index (χ0) is 17.5. The molecule has 6 heteroatoms. The van der Waals surface area contributed by atoms with Crippen molar-refractivity contribution in [3.05, 3.63) is 53.9 Å². The Labute approximate surface area is 149 Å². The van der Waals surface area contributed by atoms with Gasteiger partial charge < -0.3 is 14.6 Å². The zero-order valence-electron chi connectivity index (χ0n) is 14.8. The topological polar surface area (TPSA) is 59.8 Å². The Bertz CT molecular complexity index is 632. The van der Waals surface area contributed by atoms with Crippen molar-refractivity contribution in [2.24, 2.45) is 0 Å². The summed E-state index contributed by atoms with van der Waals surface area (Å²) in [5.74, 6) is 0. The highest BCUT2D eigenvalue weighted by Gasteiger charge is 2.23.